The molecular weight excluding hydrogens is 200 g/mol. The lowest BCUT2D eigenvalue weighted by Crippen LogP contribution is -2.21. The van der Waals surface area contributed by atoms with E-state index in [-0.39, 0.29) is 12.1 Å². The van der Waals surface area contributed by atoms with E-state index in [4.69, 9.17) is 4.74 Å². The van der Waals surface area contributed by atoms with E-state index in [9.17, 15) is 4.79 Å². The van der Waals surface area contributed by atoms with Gasteiger partial charge >= 0.3 is 5.97 Å². The summed E-state index contributed by atoms with van der Waals surface area (Å²) in [5.41, 5.74) is 1.69. The summed E-state index contributed by atoms with van der Waals surface area (Å²) < 4.78 is 5.52. The Bertz CT molecular complexity index is 365. The molecule has 0 spiro atoms. The molecule has 1 saturated carbocycles. The predicted octanol–water partition coefficient (Wildman–Crippen LogP) is 3.48. The predicted molar refractivity (Wildman–Crippen MR) is 63.5 cm³/mol. The molecule has 2 rings (SSSR count). The Labute approximate surface area is 96.6 Å². The molecule has 16 heavy (non-hydrogen) atoms. The fraction of sp³-hybridized carbons (Fsp3) is 0.500. The van der Waals surface area contributed by atoms with Crippen LogP contribution in [0, 0.1) is 6.92 Å². The molecule has 2 nitrogen and oxygen atoms in total. The molecule has 0 heterocycles. The first kappa shape index (κ1) is 11.2. The average Bonchev–Trinajstić information content (AvgIpc) is 2.31. The highest BCUT2D eigenvalue weighted by Gasteiger charge is 2.19. The highest BCUT2D eigenvalue weighted by atomic mass is 16.5. The van der Waals surface area contributed by atoms with E-state index in [1.54, 1.807) is 0 Å². The highest BCUT2D eigenvalue weighted by Crippen LogP contribution is 2.21. The van der Waals surface area contributed by atoms with Crippen molar-refractivity contribution in [3.63, 3.8) is 0 Å². The third-order valence-corrected chi connectivity index (χ3v) is 3.19. The summed E-state index contributed by atoms with van der Waals surface area (Å²) in [5.74, 6) is -0.162. The lowest BCUT2D eigenvalue weighted by atomic mass is 9.97. The van der Waals surface area contributed by atoms with E-state index in [1.165, 1.54) is 19.3 Å². The Morgan fingerprint density at radius 1 is 1.19 bits per heavy atom. The van der Waals surface area contributed by atoms with E-state index in [0.29, 0.717) is 5.56 Å². The molecule has 0 saturated heterocycles. The maximum atomic E-state index is 11.9. The molecule has 1 aliphatic rings. The molecule has 0 N–H and O–H groups in total. The number of rotatable bonds is 2. The van der Waals surface area contributed by atoms with Crippen LogP contribution in [0.2, 0.25) is 0 Å². The Morgan fingerprint density at radius 2 is 1.88 bits per heavy atom. The number of ether oxygens (including phenoxy) is 1. The van der Waals surface area contributed by atoms with Crippen LogP contribution in [0.25, 0.3) is 0 Å². The van der Waals surface area contributed by atoms with Crippen molar-refractivity contribution >= 4 is 5.97 Å². The number of benzene rings is 1. The third-order valence-electron chi connectivity index (χ3n) is 3.19. The lowest BCUT2D eigenvalue weighted by Gasteiger charge is -2.22. The number of esters is 1. The minimum Gasteiger partial charge on any atom is -0.459 e. The molecule has 0 amide bonds. The maximum Gasteiger partial charge on any atom is 0.338 e. The number of aryl methyl sites for hydroxylation is 1. The van der Waals surface area contributed by atoms with Crippen molar-refractivity contribution in [2.45, 2.75) is 45.1 Å². The highest BCUT2D eigenvalue weighted by molar-refractivity contribution is 5.91. The summed E-state index contributed by atoms with van der Waals surface area (Å²) in [6, 6.07) is 7.59. The first-order valence-corrected chi connectivity index (χ1v) is 6.04. The number of carbonyl (C=O) groups excluding carboxylic acids is 1. The SMILES string of the molecule is Cc1ccccc1C(=O)OC1CCCCC1. The molecule has 0 unspecified atom stereocenters. The van der Waals surface area contributed by atoms with Gasteiger partial charge in [-0.2, -0.15) is 0 Å². The molecule has 0 aliphatic heterocycles. The van der Waals surface area contributed by atoms with Gasteiger partial charge in [-0.1, -0.05) is 24.6 Å². The molecular formula is C14H18O2. The molecule has 1 aromatic rings. The number of hydrogen-bond donors (Lipinski definition) is 0. The van der Waals surface area contributed by atoms with Gasteiger partial charge in [0.15, 0.2) is 0 Å². The van der Waals surface area contributed by atoms with Crippen LogP contribution in [0.5, 0.6) is 0 Å². The first-order chi connectivity index (χ1) is 7.77. The van der Waals surface area contributed by atoms with E-state index in [2.05, 4.69) is 0 Å². The van der Waals surface area contributed by atoms with Gasteiger partial charge in [0.2, 0.25) is 0 Å². The molecule has 1 fully saturated rings. The Morgan fingerprint density at radius 3 is 2.56 bits per heavy atom. The van der Waals surface area contributed by atoms with Crippen molar-refractivity contribution in [2.75, 3.05) is 0 Å². The first-order valence-electron chi connectivity index (χ1n) is 6.04. The zero-order chi connectivity index (χ0) is 11.4. The van der Waals surface area contributed by atoms with Crippen LogP contribution < -0.4 is 0 Å². The van der Waals surface area contributed by atoms with Gasteiger partial charge in [-0.05, 0) is 44.2 Å². The van der Waals surface area contributed by atoms with Crippen LogP contribution in [-0.2, 0) is 4.74 Å². The van der Waals surface area contributed by atoms with Gasteiger partial charge in [-0.3, -0.25) is 0 Å². The summed E-state index contributed by atoms with van der Waals surface area (Å²) in [6.45, 7) is 1.94. The summed E-state index contributed by atoms with van der Waals surface area (Å²) in [5, 5.41) is 0. The normalized spacial score (nSPS) is 17.1. The molecule has 1 aromatic carbocycles. The standard InChI is InChI=1S/C14H18O2/c1-11-7-5-6-10-13(11)14(15)16-12-8-3-2-4-9-12/h5-7,10,12H,2-4,8-9H2,1H3. The van der Waals surface area contributed by atoms with Crippen LogP contribution in [0.15, 0.2) is 24.3 Å². The van der Waals surface area contributed by atoms with Crippen molar-refractivity contribution in [1.82, 2.24) is 0 Å². The van der Waals surface area contributed by atoms with Crippen LogP contribution in [0.4, 0.5) is 0 Å². The Hall–Kier alpha value is -1.31. The molecule has 2 heteroatoms. The van der Waals surface area contributed by atoms with E-state index in [0.717, 1.165) is 18.4 Å². The second kappa shape index (κ2) is 5.15. The quantitative estimate of drug-likeness (QED) is 0.710. The fourth-order valence-electron chi connectivity index (χ4n) is 2.20. The minimum atomic E-state index is -0.162. The zero-order valence-electron chi connectivity index (χ0n) is 9.74. The van der Waals surface area contributed by atoms with Gasteiger partial charge in [-0.15, -0.1) is 0 Å². The van der Waals surface area contributed by atoms with Crippen molar-refractivity contribution < 1.29 is 9.53 Å². The second-order valence-electron chi connectivity index (χ2n) is 4.48. The summed E-state index contributed by atoms with van der Waals surface area (Å²) in [4.78, 5) is 11.9. The van der Waals surface area contributed by atoms with Crippen LogP contribution >= 0.6 is 0 Å². The molecule has 1 aliphatic carbocycles. The number of carbonyl (C=O) groups is 1. The molecule has 0 aromatic heterocycles. The summed E-state index contributed by atoms with van der Waals surface area (Å²) >= 11 is 0. The monoisotopic (exact) mass is 218 g/mol. The van der Waals surface area contributed by atoms with Gasteiger partial charge in [0.25, 0.3) is 0 Å². The molecule has 0 radical (unpaired) electrons. The van der Waals surface area contributed by atoms with Gasteiger partial charge in [0, 0.05) is 0 Å². The van der Waals surface area contributed by atoms with Crippen molar-refractivity contribution in [3.8, 4) is 0 Å². The molecule has 86 valence electrons. The zero-order valence-corrected chi connectivity index (χ0v) is 9.74. The minimum absolute atomic E-state index is 0.140. The molecule has 0 atom stereocenters. The van der Waals surface area contributed by atoms with E-state index in [1.807, 2.05) is 31.2 Å². The van der Waals surface area contributed by atoms with Gasteiger partial charge in [0.1, 0.15) is 6.10 Å². The fourth-order valence-corrected chi connectivity index (χ4v) is 2.20. The Kier molecular flexibility index (Phi) is 3.60. The van der Waals surface area contributed by atoms with Crippen molar-refractivity contribution in [3.05, 3.63) is 35.4 Å². The van der Waals surface area contributed by atoms with Crippen molar-refractivity contribution in [1.29, 1.82) is 0 Å². The van der Waals surface area contributed by atoms with Crippen molar-refractivity contribution in [2.24, 2.45) is 0 Å². The smallest absolute Gasteiger partial charge is 0.338 e. The van der Waals surface area contributed by atoms with Gasteiger partial charge in [-0.25, -0.2) is 4.79 Å². The Balaban J connectivity index is 2.00. The van der Waals surface area contributed by atoms with E-state index < -0.39 is 0 Å². The van der Waals surface area contributed by atoms with Crippen LogP contribution in [-0.4, -0.2) is 12.1 Å². The summed E-state index contributed by atoms with van der Waals surface area (Å²) in [7, 11) is 0. The molecule has 0 bridgehead atoms. The summed E-state index contributed by atoms with van der Waals surface area (Å²) in [6.07, 6.45) is 5.84. The second-order valence-corrected chi connectivity index (χ2v) is 4.48. The van der Waals surface area contributed by atoms with Crippen LogP contribution in [0.1, 0.15) is 48.0 Å². The van der Waals surface area contributed by atoms with Gasteiger partial charge in [0.05, 0.1) is 5.56 Å². The third kappa shape index (κ3) is 2.63. The average molecular weight is 218 g/mol. The topological polar surface area (TPSA) is 26.3 Å². The maximum absolute atomic E-state index is 11.9. The van der Waals surface area contributed by atoms with E-state index >= 15 is 0 Å². The largest absolute Gasteiger partial charge is 0.459 e. The van der Waals surface area contributed by atoms with Gasteiger partial charge < -0.3 is 4.74 Å². The lowest BCUT2D eigenvalue weighted by molar-refractivity contribution is 0.0210. The van der Waals surface area contributed by atoms with Crippen LogP contribution in [0.3, 0.4) is 0 Å². The number of hydrogen-bond acceptors (Lipinski definition) is 2.